The molecule has 0 radical (unpaired) electrons. The lowest BCUT2D eigenvalue weighted by Crippen LogP contribution is -2.57. The molecule has 2 amide bonds. The van der Waals surface area contributed by atoms with E-state index < -0.39 is 5.97 Å². The molecule has 2 aliphatic rings. The number of nitrogens with one attached hydrogen (secondary N) is 1. The SMILES string of the molecule is CCC1C(C)CCN1C(=O)NC1CC(N(CC)CC(=O)O)C1. The second kappa shape index (κ2) is 7.31. The monoisotopic (exact) mass is 311 g/mol. The molecule has 1 heterocycles. The zero-order chi connectivity index (χ0) is 16.3. The molecule has 6 nitrogen and oxygen atoms in total. The number of likely N-dealkylation sites (tertiary alicyclic amines) is 1. The highest BCUT2D eigenvalue weighted by Gasteiger charge is 2.38. The number of amides is 2. The van der Waals surface area contributed by atoms with Crippen molar-refractivity contribution in [1.29, 1.82) is 0 Å². The smallest absolute Gasteiger partial charge is 0.317 e. The number of hydrogen-bond donors (Lipinski definition) is 2. The van der Waals surface area contributed by atoms with Gasteiger partial charge >= 0.3 is 12.0 Å². The van der Waals surface area contributed by atoms with Gasteiger partial charge in [-0.05, 0) is 38.1 Å². The van der Waals surface area contributed by atoms with Gasteiger partial charge in [0.15, 0.2) is 0 Å². The largest absolute Gasteiger partial charge is 0.480 e. The predicted octanol–water partition coefficient (Wildman–Crippen LogP) is 1.75. The first-order valence-electron chi connectivity index (χ1n) is 8.49. The second-order valence-electron chi connectivity index (χ2n) is 6.66. The maximum Gasteiger partial charge on any atom is 0.317 e. The summed E-state index contributed by atoms with van der Waals surface area (Å²) in [6.07, 6.45) is 3.80. The quantitative estimate of drug-likeness (QED) is 0.784. The minimum Gasteiger partial charge on any atom is -0.480 e. The van der Waals surface area contributed by atoms with Gasteiger partial charge in [-0.25, -0.2) is 4.79 Å². The fraction of sp³-hybridized carbons (Fsp3) is 0.875. The van der Waals surface area contributed by atoms with Crippen LogP contribution in [0.2, 0.25) is 0 Å². The van der Waals surface area contributed by atoms with Crippen LogP contribution in [0.25, 0.3) is 0 Å². The van der Waals surface area contributed by atoms with Crippen molar-refractivity contribution in [2.45, 2.75) is 64.6 Å². The fourth-order valence-corrected chi connectivity index (χ4v) is 3.82. The Morgan fingerprint density at radius 2 is 2.00 bits per heavy atom. The highest BCUT2D eigenvalue weighted by atomic mass is 16.4. The number of carbonyl (C=O) groups is 2. The normalized spacial score (nSPS) is 31.2. The van der Waals surface area contributed by atoms with Crippen LogP contribution >= 0.6 is 0 Å². The van der Waals surface area contributed by atoms with Crippen molar-refractivity contribution in [3.63, 3.8) is 0 Å². The van der Waals surface area contributed by atoms with Crippen molar-refractivity contribution in [1.82, 2.24) is 15.1 Å². The van der Waals surface area contributed by atoms with Crippen molar-refractivity contribution < 1.29 is 14.7 Å². The molecule has 0 bridgehead atoms. The van der Waals surface area contributed by atoms with Crippen LogP contribution in [-0.2, 0) is 4.79 Å². The summed E-state index contributed by atoms with van der Waals surface area (Å²) in [4.78, 5) is 27.2. The Kier molecular flexibility index (Phi) is 5.67. The summed E-state index contributed by atoms with van der Waals surface area (Å²) in [5.74, 6) is -0.206. The van der Waals surface area contributed by atoms with E-state index in [1.54, 1.807) is 0 Å². The Morgan fingerprint density at radius 1 is 1.32 bits per heavy atom. The lowest BCUT2D eigenvalue weighted by atomic mass is 9.85. The van der Waals surface area contributed by atoms with E-state index in [0.29, 0.717) is 12.0 Å². The van der Waals surface area contributed by atoms with Crippen LogP contribution in [0.5, 0.6) is 0 Å². The Balaban J connectivity index is 1.77. The fourth-order valence-electron chi connectivity index (χ4n) is 3.82. The van der Waals surface area contributed by atoms with Crippen LogP contribution in [0.3, 0.4) is 0 Å². The minimum atomic E-state index is -0.786. The Labute approximate surface area is 132 Å². The molecule has 2 unspecified atom stereocenters. The van der Waals surface area contributed by atoms with Gasteiger partial charge in [0.25, 0.3) is 0 Å². The molecular formula is C16H29N3O3. The Hall–Kier alpha value is -1.30. The van der Waals surface area contributed by atoms with Gasteiger partial charge in [0, 0.05) is 24.7 Å². The molecule has 1 saturated heterocycles. The van der Waals surface area contributed by atoms with Gasteiger partial charge in [-0.1, -0.05) is 20.8 Å². The van der Waals surface area contributed by atoms with Gasteiger partial charge in [-0.15, -0.1) is 0 Å². The van der Waals surface area contributed by atoms with Crippen LogP contribution in [0, 0.1) is 5.92 Å². The van der Waals surface area contributed by atoms with Crippen LogP contribution in [0.1, 0.15) is 46.5 Å². The third-order valence-electron chi connectivity index (χ3n) is 5.26. The number of nitrogens with zero attached hydrogens (tertiary/aromatic N) is 2. The minimum absolute atomic E-state index is 0.0564. The number of aliphatic carboxylic acids is 1. The molecule has 0 spiro atoms. The van der Waals surface area contributed by atoms with E-state index in [9.17, 15) is 9.59 Å². The molecule has 2 atom stereocenters. The molecule has 0 aromatic heterocycles. The first-order valence-corrected chi connectivity index (χ1v) is 8.49. The van der Waals surface area contributed by atoms with Gasteiger partial charge < -0.3 is 15.3 Å². The topological polar surface area (TPSA) is 72.9 Å². The highest BCUT2D eigenvalue weighted by Crippen LogP contribution is 2.28. The summed E-state index contributed by atoms with van der Waals surface area (Å²) in [5, 5.41) is 12.0. The van der Waals surface area contributed by atoms with E-state index in [1.165, 1.54) is 0 Å². The van der Waals surface area contributed by atoms with E-state index in [1.807, 2.05) is 16.7 Å². The second-order valence-corrected chi connectivity index (χ2v) is 6.66. The molecule has 0 aromatic rings. The number of urea groups is 1. The molecule has 1 saturated carbocycles. The number of carboxylic acids is 1. The van der Waals surface area contributed by atoms with Crippen molar-refractivity contribution >= 4 is 12.0 Å². The van der Waals surface area contributed by atoms with Crippen molar-refractivity contribution in [3.8, 4) is 0 Å². The average molecular weight is 311 g/mol. The summed E-state index contributed by atoms with van der Waals surface area (Å²) in [6, 6.07) is 0.885. The van der Waals surface area contributed by atoms with Crippen molar-refractivity contribution in [2.75, 3.05) is 19.6 Å². The predicted molar refractivity (Wildman–Crippen MR) is 84.8 cm³/mol. The van der Waals surface area contributed by atoms with E-state index in [0.717, 1.165) is 38.8 Å². The molecular weight excluding hydrogens is 282 g/mol. The van der Waals surface area contributed by atoms with E-state index >= 15 is 0 Å². The molecule has 1 aliphatic carbocycles. The molecule has 2 rings (SSSR count). The summed E-state index contributed by atoms with van der Waals surface area (Å²) >= 11 is 0. The average Bonchev–Trinajstić information content (AvgIpc) is 2.80. The van der Waals surface area contributed by atoms with E-state index in [-0.39, 0.29) is 24.7 Å². The van der Waals surface area contributed by atoms with Crippen molar-refractivity contribution in [3.05, 3.63) is 0 Å². The van der Waals surface area contributed by atoms with Crippen molar-refractivity contribution in [2.24, 2.45) is 5.92 Å². The molecule has 22 heavy (non-hydrogen) atoms. The van der Waals surface area contributed by atoms with Crippen LogP contribution < -0.4 is 5.32 Å². The summed E-state index contributed by atoms with van der Waals surface area (Å²) < 4.78 is 0. The van der Waals surface area contributed by atoms with Crippen LogP contribution in [-0.4, -0.2) is 64.7 Å². The summed E-state index contributed by atoms with van der Waals surface area (Å²) in [5.41, 5.74) is 0. The third kappa shape index (κ3) is 3.72. The van der Waals surface area contributed by atoms with E-state index in [4.69, 9.17) is 5.11 Å². The number of rotatable bonds is 6. The van der Waals surface area contributed by atoms with Gasteiger partial charge in [0.1, 0.15) is 0 Å². The molecule has 126 valence electrons. The standard InChI is InChI=1S/C16H29N3O3/c1-4-14-11(3)6-7-19(14)16(22)17-12-8-13(9-12)18(5-2)10-15(20)21/h11-14H,4-10H2,1-3H3,(H,17,22)(H,20,21). The Bertz CT molecular complexity index is 409. The zero-order valence-electron chi connectivity index (χ0n) is 13.9. The molecule has 1 aliphatic heterocycles. The van der Waals surface area contributed by atoms with Crippen LogP contribution in [0.15, 0.2) is 0 Å². The maximum absolute atomic E-state index is 12.4. The maximum atomic E-state index is 12.4. The number of hydrogen-bond acceptors (Lipinski definition) is 3. The zero-order valence-corrected chi connectivity index (χ0v) is 13.9. The van der Waals surface area contributed by atoms with E-state index in [2.05, 4.69) is 19.2 Å². The van der Waals surface area contributed by atoms with Gasteiger partial charge in [0.2, 0.25) is 0 Å². The number of likely N-dealkylation sites (N-methyl/N-ethyl adjacent to an activating group) is 1. The first kappa shape index (κ1) is 17.1. The third-order valence-corrected chi connectivity index (χ3v) is 5.26. The Morgan fingerprint density at radius 3 is 2.55 bits per heavy atom. The molecule has 2 N–H and O–H groups in total. The summed E-state index contributed by atoms with van der Waals surface area (Å²) in [7, 11) is 0. The van der Waals surface area contributed by atoms with Gasteiger partial charge in [-0.2, -0.15) is 0 Å². The number of carboxylic acid groups (broad SMARTS) is 1. The first-order chi connectivity index (χ1) is 10.5. The van der Waals surface area contributed by atoms with Gasteiger partial charge in [0.05, 0.1) is 6.54 Å². The molecule has 2 fully saturated rings. The molecule has 6 heteroatoms. The van der Waals surface area contributed by atoms with Crippen LogP contribution in [0.4, 0.5) is 4.79 Å². The lowest BCUT2D eigenvalue weighted by Gasteiger charge is -2.43. The lowest BCUT2D eigenvalue weighted by molar-refractivity contribution is -0.139. The van der Waals surface area contributed by atoms with Gasteiger partial charge in [-0.3, -0.25) is 9.69 Å². The highest BCUT2D eigenvalue weighted by molar-refractivity contribution is 5.75. The molecule has 0 aromatic carbocycles. The summed E-state index contributed by atoms with van der Waals surface area (Å²) in [6.45, 7) is 8.00. The number of carbonyl (C=O) groups excluding carboxylic acids is 1.